The van der Waals surface area contributed by atoms with E-state index in [1.54, 1.807) is 0 Å². The van der Waals surface area contributed by atoms with Crippen LogP contribution in [0.1, 0.15) is 174 Å². The molecule has 0 aliphatic heterocycles. The minimum atomic E-state index is 0. The van der Waals surface area contributed by atoms with E-state index in [-0.39, 0.29) is 17.0 Å². The standard InChI is InChI=1S/C29H61N.BrH/c1-3-4-5-6-7-8-9-10-11-12-13-14-15-16-17-18-19-20-21-22-23-24-25-26-27-28-29-30-2;/h30H,3-29H2,1-2H3;1H. The van der Waals surface area contributed by atoms with Crippen molar-refractivity contribution in [2.75, 3.05) is 13.6 Å². The van der Waals surface area contributed by atoms with Crippen LogP contribution in [-0.2, 0) is 0 Å². The number of hydrogen-bond acceptors (Lipinski definition) is 1. The first-order valence-electron chi connectivity index (χ1n) is 14.6. The maximum absolute atomic E-state index is 3.24. The Bertz CT molecular complexity index is 254. The lowest BCUT2D eigenvalue weighted by Crippen LogP contribution is -2.06. The summed E-state index contributed by atoms with van der Waals surface area (Å²) in [5, 5.41) is 3.24. The molecule has 0 aromatic heterocycles. The molecule has 0 radical (unpaired) electrons. The highest BCUT2D eigenvalue weighted by atomic mass is 79.9. The lowest BCUT2D eigenvalue weighted by Gasteiger charge is -2.04. The zero-order valence-corrected chi connectivity index (χ0v) is 23.7. The molecular weight excluding hydrogens is 442 g/mol. The first kappa shape index (κ1) is 33.6. The van der Waals surface area contributed by atoms with Crippen molar-refractivity contribution < 1.29 is 0 Å². The molecule has 0 unspecified atom stereocenters. The number of nitrogens with one attached hydrogen (secondary N) is 1. The molecule has 0 rings (SSSR count). The molecular formula is C29H62BrN. The normalized spacial score (nSPS) is 11.0. The molecule has 0 aromatic rings. The van der Waals surface area contributed by atoms with Crippen LogP contribution in [0.5, 0.6) is 0 Å². The fraction of sp³-hybridized carbons (Fsp3) is 1.00. The molecule has 0 amide bonds. The molecule has 0 aromatic carbocycles. The Morgan fingerprint density at radius 1 is 0.323 bits per heavy atom. The van der Waals surface area contributed by atoms with Crippen LogP contribution in [0.15, 0.2) is 0 Å². The number of halogens is 1. The van der Waals surface area contributed by atoms with E-state index in [9.17, 15) is 0 Å². The lowest BCUT2D eigenvalue weighted by atomic mass is 10.0. The van der Waals surface area contributed by atoms with Crippen LogP contribution in [0.25, 0.3) is 0 Å². The predicted octanol–water partition coefficient (Wildman–Crippen LogP) is 10.9. The van der Waals surface area contributed by atoms with E-state index < -0.39 is 0 Å². The Morgan fingerprint density at radius 3 is 0.710 bits per heavy atom. The largest absolute Gasteiger partial charge is 0.320 e. The van der Waals surface area contributed by atoms with Gasteiger partial charge in [0.25, 0.3) is 0 Å². The van der Waals surface area contributed by atoms with Gasteiger partial charge in [-0.15, -0.1) is 17.0 Å². The second kappa shape index (κ2) is 32.6. The summed E-state index contributed by atoms with van der Waals surface area (Å²) in [5.41, 5.74) is 0. The van der Waals surface area contributed by atoms with Gasteiger partial charge >= 0.3 is 0 Å². The van der Waals surface area contributed by atoms with Gasteiger partial charge in [0.15, 0.2) is 0 Å². The number of rotatable bonds is 27. The first-order chi connectivity index (χ1) is 14.9. The summed E-state index contributed by atoms with van der Waals surface area (Å²) in [4.78, 5) is 0. The van der Waals surface area contributed by atoms with Gasteiger partial charge in [-0.25, -0.2) is 0 Å². The molecule has 31 heavy (non-hydrogen) atoms. The quantitative estimate of drug-likeness (QED) is 0.110. The van der Waals surface area contributed by atoms with E-state index in [1.807, 2.05) is 0 Å². The minimum Gasteiger partial charge on any atom is -0.320 e. The van der Waals surface area contributed by atoms with Crippen LogP contribution in [0.2, 0.25) is 0 Å². The Labute approximate surface area is 209 Å². The van der Waals surface area contributed by atoms with Crippen LogP contribution in [-0.4, -0.2) is 13.6 Å². The van der Waals surface area contributed by atoms with Crippen molar-refractivity contribution in [1.29, 1.82) is 0 Å². The molecule has 0 fully saturated rings. The van der Waals surface area contributed by atoms with E-state index in [0.29, 0.717) is 0 Å². The minimum absolute atomic E-state index is 0. The topological polar surface area (TPSA) is 12.0 Å². The van der Waals surface area contributed by atoms with Crippen LogP contribution in [0, 0.1) is 0 Å². The van der Waals surface area contributed by atoms with Gasteiger partial charge in [-0.2, -0.15) is 0 Å². The average Bonchev–Trinajstić information content (AvgIpc) is 2.76. The summed E-state index contributed by atoms with van der Waals surface area (Å²) in [6.45, 7) is 3.50. The maximum Gasteiger partial charge on any atom is -0.00519 e. The van der Waals surface area contributed by atoms with E-state index >= 15 is 0 Å². The van der Waals surface area contributed by atoms with E-state index in [0.717, 1.165) is 0 Å². The van der Waals surface area contributed by atoms with Crippen molar-refractivity contribution >= 4 is 17.0 Å². The molecule has 190 valence electrons. The molecule has 2 heteroatoms. The first-order valence-corrected chi connectivity index (χ1v) is 14.6. The van der Waals surface area contributed by atoms with Gasteiger partial charge in [-0.3, -0.25) is 0 Å². The van der Waals surface area contributed by atoms with Crippen LogP contribution in [0.3, 0.4) is 0 Å². The molecule has 1 N–H and O–H groups in total. The highest BCUT2D eigenvalue weighted by Gasteiger charge is 1.96. The SMILES string of the molecule is Br.CCCCCCCCCCCCCCCCCCCCCCCCCCCCNC. The smallest absolute Gasteiger partial charge is 0.00519 e. The van der Waals surface area contributed by atoms with Gasteiger partial charge in [0.2, 0.25) is 0 Å². The van der Waals surface area contributed by atoms with Crippen molar-refractivity contribution in [2.24, 2.45) is 0 Å². The van der Waals surface area contributed by atoms with Gasteiger partial charge in [0, 0.05) is 0 Å². The third kappa shape index (κ3) is 32.7. The molecule has 0 heterocycles. The molecule has 1 nitrogen and oxygen atoms in total. The molecule has 0 atom stereocenters. The molecule has 0 aliphatic carbocycles. The fourth-order valence-electron chi connectivity index (χ4n) is 4.62. The highest BCUT2D eigenvalue weighted by molar-refractivity contribution is 8.93. The third-order valence-electron chi connectivity index (χ3n) is 6.78. The zero-order valence-electron chi connectivity index (χ0n) is 22.0. The van der Waals surface area contributed by atoms with Gasteiger partial charge in [0.1, 0.15) is 0 Å². The summed E-state index contributed by atoms with van der Waals surface area (Å²) in [6.07, 6.45) is 38.2. The van der Waals surface area contributed by atoms with Crippen molar-refractivity contribution in [3.05, 3.63) is 0 Å². The predicted molar refractivity (Wildman–Crippen MR) is 150 cm³/mol. The highest BCUT2D eigenvalue weighted by Crippen LogP contribution is 2.15. The van der Waals surface area contributed by atoms with Crippen LogP contribution in [0.4, 0.5) is 0 Å². The lowest BCUT2D eigenvalue weighted by molar-refractivity contribution is 0.515. The molecule has 0 bridgehead atoms. The van der Waals surface area contributed by atoms with Crippen molar-refractivity contribution in [2.45, 2.75) is 174 Å². The summed E-state index contributed by atoms with van der Waals surface area (Å²) in [7, 11) is 2.06. The second-order valence-corrected chi connectivity index (χ2v) is 9.94. The van der Waals surface area contributed by atoms with Gasteiger partial charge in [-0.05, 0) is 20.0 Å². The van der Waals surface area contributed by atoms with E-state index in [1.165, 1.54) is 173 Å². The van der Waals surface area contributed by atoms with Crippen molar-refractivity contribution in [1.82, 2.24) is 5.32 Å². The Kier molecular flexibility index (Phi) is 35.4. The Morgan fingerprint density at radius 2 is 0.516 bits per heavy atom. The Balaban J connectivity index is 0. The molecule has 0 aliphatic rings. The molecule has 0 saturated heterocycles. The third-order valence-corrected chi connectivity index (χ3v) is 6.78. The van der Waals surface area contributed by atoms with E-state index in [4.69, 9.17) is 0 Å². The van der Waals surface area contributed by atoms with Crippen molar-refractivity contribution in [3.63, 3.8) is 0 Å². The second-order valence-electron chi connectivity index (χ2n) is 9.94. The fourth-order valence-corrected chi connectivity index (χ4v) is 4.62. The van der Waals surface area contributed by atoms with Crippen molar-refractivity contribution in [3.8, 4) is 0 Å². The summed E-state index contributed by atoms with van der Waals surface area (Å²) in [5.74, 6) is 0. The summed E-state index contributed by atoms with van der Waals surface area (Å²) >= 11 is 0. The average molecular weight is 505 g/mol. The number of hydrogen-bond donors (Lipinski definition) is 1. The number of unbranched alkanes of at least 4 members (excludes halogenated alkanes) is 25. The maximum atomic E-state index is 3.24. The summed E-state index contributed by atoms with van der Waals surface area (Å²) < 4.78 is 0. The monoisotopic (exact) mass is 503 g/mol. The van der Waals surface area contributed by atoms with Crippen LogP contribution < -0.4 is 5.32 Å². The zero-order chi connectivity index (χ0) is 21.8. The van der Waals surface area contributed by atoms with E-state index in [2.05, 4.69) is 19.3 Å². The Hall–Kier alpha value is 0.440. The molecule has 0 spiro atoms. The summed E-state index contributed by atoms with van der Waals surface area (Å²) in [6, 6.07) is 0. The van der Waals surface area contributed by atoms with Gasteiger partial charge < -0.3 is 5.32 Å². The molecule has 0 saturated carbocycles. The van der Waals surface area contributed by atoms with Gasteiger partial charge in [-0.1, -0.05) is 167 Å². The van der Waals surface area contributed by atoms with Crippen LogP contribution >= 0.6 is 17.0 Å². The van der Waals surface area contributed by atoms with Gasteiger partial charge in [0.05, 0.1) is 0 Å².